The first-order valence-electron chi connectivity index (χ1n) is 2.04. The van der Waals surface area contributed by atoms with Crippen molar-refractivity contribution < 1.29 is 39.1 Å². The molecule has 0 saturated carbocycles. The van der Waals surface area contributed by atoms with E-state index in [1.165, 1.54) is 0 Å². The van der Waals surface area contributed by atoms with Crippen LogP contribution < -0.4 is 0 Å². The van der Waals surface area contributed by atoms with Crippen LogP contribution in [-0.4, -0.2) is 28.7 Å². The summed E-state index contributed by atoms with van der Waals surface area (Å²) < 4.78 is 3.27. The molecule has 2 N–H and O–H groups in total. The van der Waals surface area contributed by atoms with Gasteiger partial charge in [0, 0.05) is 0 Å². The molecule has 62 valence electrons. The quantitative estimate of drug-likeness (QED) is 0.230. The minimum atomic E-state index is -1.93. The third-order valence-electron chi connectivity index (χ3n) is 0.352. The molecule has 0 aromatic heterocycles. The van der Waals surface area contributed by atoms with Gasteiger partial charge in [-0.15, -0.1) is 0 Å². The minimum Gasteiger partial charge on any atom is -0.449 e. The van der Waals surface area contributed by atoms with E-state index >= 15 is 0 Å². The fraction of sp³-hybridized carbons (Fsp3) is 0. The van der Waals surface area contributed by atoms with Crippen molar-refractivity contribution in [3.05, 3.63) is 0 Å². The van der Waals surface area contributed by atoms with Crippen LogP contribution in [0.25, 0.3) is 0 Å². The molecule has 0 atom stereocenters. The number of hydrogen-bond donors (Lipinski definition) is 2. The molecule has 8 nitrogen and oxygen atoms in total. The second kappa shape index (κ2) is 3.93. The molecule has 0 spiro atoms. The standard InChI is InChI=1S/C3H2O8/c4-1(5)9-3(8)11-10-2(6)7/h(H,4,5)(H,6,7). The predicted molar refractivity (Wildman–Crippen MR) is 24.7 cm³/mol. The summed E-state index contributed by atoms with van der Waals surface area (Å²) in [5, 5.41) is 15.4. The Bertz CT molecular complexity index is 182. The van der Waals surface area contributed by atoms with Crippen LogP contribution in [0, 0.1) is 0 Å². The van der Waals surface area contributed by atoms with E-state index < -0.39 is 18.5 Å². The third kappa shape index (κ3) is 5.89. The van der Waals surface area contributed by atoms with Crippen LogP contribution in [0.1, 0.15) is 0 Å². The maximum atomic E-state index is 9.94. The van der Waals surface area contributed by atoms with Crippen molar-refractivity contribution in [2.45, 2.75) is 0 Å². The Morgan fingerprint density at radius 2 is 1.45 bits per heavy atom. The Hall–Kier alpha value is -1.99. The molecule has 0 aliphatic carbocycles. The summed E-state index contributed by atoms with van der Waals surface area (Å²) in [6.45, 7) is 0. The highest BCUT2D eigenvalue weighted by atomic mass is 17.3. The summed E-state index contributed by atoms with van der Waals surface area (Å²) in [4.78, 5) is 35.4. The van der Waals surface area contributed by atoms with Crippen LogP contribution >= 0.6 is 0 Å². The van der Waals surface area contributed by atoms with Gasteiger partial charge in [0.15, 0.2) is 0 Å². The lowest BCUT2D eigenvalue weighted by Crippen LogP contribution is -2.14. The number of rotatable bonds is 0. The fourth-order valence-electron chi connectivity index (χ4n) is 0.158. The van der Waals surface area contributed by atoms with Crippen LogP contribution in [0.5, 0.6) is 0 Å². The van der Waals surface area contributed by atoms with E-state index in [0.717, 1.165) is 0 Å². The molecular formula is C3H2O8. The van der Waals surface area contributed by atoms with Gasteiger partial charge in [0.05, 0.1) is 0 Å². The lowest BCUT2D eigenvalue weighted by Gasteiger charge is -1.95. The van der Waals surface area contributed by atoms with Crippen LogP contribution in [0.4, 0.5) is 14.4 Å². The SMILES string of the molecule is O=C(O)OOC(=O)OC(=O)O. The number of hydrogen-bond acceptors (Lipinski definition) is 6. The maximum absolute atomic E-state index is 9.94. The summed E-state index contributed by atoms with van der Waals surface area (Å²) in [6.07, 6.45) is -5.60. The number of carboxylic acid groups (broad SMARTS) is 2. The fourth-order valence-corrected chi connectivity index (χ4v) is 0.158. The van der Waals surface area contributed by atoms with Crippen LogP contribution in [0.2, 0.25) is 0 Å². The molecule has 0 heterocycles. The summed E-state index contributed by atoms with van der Waals surface area (Å²) >= 11 is 0. The summed E-state index contributed by atoms with van der Waals surface area (Å²) in [6, 6.07) is 0. The Kier molecular flexibility index (Phi) is 3.22. The summed E-state index contributed by atoms with van der Waals surface area (Å²) in [7, 11) is 0. The molecule has 11 heavy (non-hydrogen) atoms. The Balaban J connectivity index is 3.53. The smallest absolute Gasteiger partial charge is 0.449 e. The van der Waals surface area contributed by atoms with Gasteiger partial charge >= 0.3 is 18.5 Å². The molecule has 0 aromatic rings. The van der Waals surface area contributed by atoms with E-state index in [2.05, 4.69) is 14.5 Å². The first kappa shape index (κ1) is 9.01. The number of carbonyl (C=O) groups is 3. The van der Waals surface area contributed by atoms with Gasteiger partial charge in [-0.1, -0.05) is 0 Å². The number of carbonyl (C=O) groups excluding carboxylic acids is 1. The zero-order chi connectivity index (χ0) is 8.85. The molecule has 0 aromatic carbocycles. The van der Waals surface area contributed by atoms with E-state index in [9.17, 15) is 14.4 Å². The van der Waals surface area contributed by atoms with E-state index in [1.807, 2.05) is 0 Å². The average Bonchev–Trinajstić information content (AvgIpc) is 1.82. The second-order valence-electron chi connectivity index (χ2n) is 1.05. The average molecular weight is 166 g/mol. The van der Waals surface area contributed by atoms with Gasteiger partial charge < -0.3 is 14.9 Å². The molecule has 0 amide bonds. The molecular weight excluding hydrogens is 164 g/mol. The molecule has 0 unspecified atom stereocenters. The van der Waals surface area contributed by atoms with Gasteiger partial charge in [0.25, 0.3) is 0 Å². The Morgan fingerprint density at radius 1 is 0.909 bits per heavy atom. The van der Waals surface area contributed by atoms with Crippen molar-refractivity contribution in [3.8, 4) is 0 Å². The van der Waals surface area contributed by atoms with E-state index in [0.29, 0.717) is 0 Å². The van der Waals surface area contributed by atoms with Crippen molar-refractivity contribution in [2.75, 3.05) is 0 Å². The third-order valence-corrected chi connectivity index (χ3v) is 0.352. The van der Waals surface area contributed by atoms with Crippen LogP contribution in [0.3, 0.4) is 0 Å². The highest BCUT2D eigenvalue weighted by Gasteiger charge is 2.12. The molecule has 0 saturated heterocycles. The lowest BCUT2D eigenvalue weighted by molar-refractivity contribution is -0.209. The second-order valence-corrected chi connectivity index (χ2v) is 1.05. The van der Waals surface area contributed by atoms with Crippen molar-refractivity contribution in [1.82, 2.24) is 0 Å². The molecule has 0 aliphatic rings. The van der Waals surface area contributed by atoms with E-state index in [1.54, 1.807) is 0 Å². The Morgan fingerprint density at radius 3 is 1.82 bits per heavy atom. The normalized spacial score (nSPS) is 8.00. The molecule has 0 fully saturated rings. The molecule has 0 bridgehead atoms. The minimum absolute atomic E-state index is 1.78. The van der Waals surface area contributed by atoms with Crippen molar-refractivity contribution in [3.63, 3.8) is 0 Å². The largest absolute Gasteiger partial charge is 0.560 e. The van der Waals surface area contributed by atoms with Gasteiger partial charge in [-0.05, 0) is 0 Å². The molecule has 0 rings (SSSR count). The molecule has 8 heteroatoms. The first-order chi connectivity index (χ1) is 5.02. The van der Waals surface area contributed by atoms with Crippen molar-refractivity contribution in [2.24, 2.45) is 0 Å². The van der Waals surface area contributed by atoms with Crippen molar-refractivity contribution in [1.29, 1.82) is 0 Å². The Labute approximate surface area is 58.8 Å². The van der Waals surface area contributed by atoms with E-state index in [4.69, 9.17) is 10.2 Å². The van der Waals surface area contributed by atoms with E-state index in [-0.39, 0.29) is 0 Å². The highest BCUT2D eigenvalue weighted by Crippen LogP contribution is 1.87. The number of ether oxygens (including phenoxy) is 1. The topological polar surface area (TPSA) is 119 Å². The van der Waals surface area contributed by atoms with Gasteiger partial charge in [0.2, 0.25) is 0 Å². The molecule has 0 radical (unpaired) electrons. The van der Waals surface area contributed by atoms with Gasteiger partial charge in [-0.3, -0.25) is 0 Å². The van der Waals surface area contributed by atoms with Crippen LogP contribution in [-0.2, 0) is 14.5 Å². The monoisotopic (exact) mass is 166 g/mol. The lowest BCUT2D eigenvalue weighted by atomic mass is 11.3. The molecule has 0 aliphatic heterocycles. The zero-order valence-corrected chi connectivity index (χ0v) is 4.84. The maximum Gasteiger partial charge on any atom is 0.560 e. The van der Waals surface area contributed by atoms with Gasteiger partial charge in [0.1, 0.15) is 0 Å². The zero-order valence-electron chi connectivity index (χ0n) is 4.84. The highest BCUT2D eigenvalue weighted by molar-refractivity contribution is 5.75. The van der Waals surface area contributed by atoms with Crippen LogP contribution in [0.15, 0.2) is 0 Å². The van der Waals surface area contributed by atoms with Gasteiger partial charge in [-0.2, -0.15) is 9.68 Å². The predicted octanol–water partition coefficient (Wildman–Crippen LogP) is 0.427. The van der Waals surface area contributed by atoms with Crippen molar-refractivity contribution >= 4 is 18.5 Å². The first-order valence-corrected chi connectivity index (χ1v) is 2.04. The van der Waals surface area contributed by atoms with Gasteiger partial charge in [-0.25, -0.2) is 14.5 Å². The summed E-state index contributed by atoms with van der Waals surface area (Å²) in [5.41, 5.74) is 0. The summed E-state index contributed by atoms with van der Waals surface area (Å²) in [5.74, 6) is 0.